The van der Waals surface area contributed by atoms with Gasteiger partial charge in [-0.15, -0.1) is 0 Å². The average Bonchev–Trinajstić information content (AvgIpc) is 2.34. The molecule has 0 spiro atoms. The maximum absolute atomic E-state index is 13.1. The molecule has 0 amide bonds. The molecule has 86 heavy (non-hydrogen) atoms. The van der Waals surface area contributed by atoms with Gasteiger partial charge < -0.3 is 88.4 Å². The summed E-state index contributed by atoms with van der Waals surface area (Å²) in [6.07, 6.45) is -0.0392. The number of hydrogen-bond donors (Lipinski definition) is 6. The number of aliphatic carboxylic acids is 4. The van der Waals surface area contributed by atoms with Crippen molar-refractivity contribution in [2.45, 2.75) is 119 Å². The van der Waals surface area contributed by atoms with Gasteiger partial charge in [0.1, 0.15) is 36.4 Å². The number of carboxylic acid groups (broad SMARTS) is 4. The molecule has 0 unspecified atom stereocenters. The Labute approximate surface area is 488 Å². The highest BCUT2D eigenvalue weighted by Gasteiger charge is 2.31. The Morgan fingerprint density at radius 1 is 0.453 bits per heavy atom. The number of carbonyl (C=O) groups is 8. The van der Waals surface area contributed by atoms with Crippen LogP contribution in [0.2, 0.25) is 0 Å². The van der Waals surface area contributed by atoms with Crippen molar-refractivity contribution in [1.29, 1.82) is 0 Å². The van der Waals surface area contributed by atoms with E-state index < -0.39 is 140 Å². The van der Waals surface area contributed by atoms with Crippen molar-refractivity contribution in [3.05, 3.63) is 49.6 Å². The van der Waals surface area contributed by atoms with E-state index in [4.69, 9.17) is 97.4 Å². The highest BCUT2D eigenvalue weighted by atomic mass is 31.2. The van der Waals surface area contributed by atoms with Gasteiger partial charge in [0, 0.05) is 24.3 Å². The monoisotopic (exact) mass is 1270 g/mol. The summed E-state index contributed by atoms with van der Waals surface area (Å²) in [6.45, 7) is 14.0. The summed E-state index contributed by atoms with van der Waals surface area (Å²) in [7, 11) is -8.12. The standard InChI is InChI=1S/2C19H30N5O10P.2C4H4O4/c2*1-12(2)33-18(25)28-9-31-35(27,32-10-29-19(26)34-13(3)4)11-30-14(5)6-24-8-23-15-16(20)21-7-22-17(15)24;2*5-3(6)1-2-4(7)8/h2*7-8,12-14H,6,9-11H2,1-5H3,(H2,20,21,22);2*1-2H,(H,5,6)(H,7,8)/b;;2*2-1+/t2*14-;;/m11../s1. The number of carbonyl (C=O) groups excluding carboxylic acids is 4. The van der Waals surface area contributed by atoms with E-state index in [-0.39, 0.29) is 24.7 Å². The molecule has 480 valence electrons. The summed E-state index contributed by atoms with van der Waals surface area (Å²) < 4.78 is 99.3. The van der Waals surface area contributed by atoms with Gasteiger partial charge in [0.15, 0.2) is 22.9 Å². The molecule has 38 nitrogen and oxygen atoms in total. The first-order valence-corrected chi connectivity index (χ1v) is 28.1. The molecule has 0 radical (unpaired) electrons. The second-order valence-electron chi connectivity index (χ2n) is 17.3. The lowest BCUT2D eigenvalue weighted by Crippen LogP contribution is -2.20. The molecular formula is C46H68N10O28P2. The number of rotatable bonds is 30. The van der Waals surface area contributed by atoms with E-state index in [0.717, 1.165) is 0 Å². The number of hydrogen-bond acceptors (Lipinski definition) is 32. The number of carboxylic acids is 4. The lowest BCUT2D eigenvalue weighted by atomic mass is 10.4. The quantitative estimate of drug-likeness (QED) is 0.0123. The molecular weight excluding hydrogens is 1200 g/mol. The summed E-state index contributed by atoms with van der Waals surface area (Å²) in [4.78, 5) is 109. The van der Waals surface area contributed by atoms with Crippen LogP contribution in [0, 0.1) is 0 Å². The van der Waals surface area contributed by atoms with Gasteiger partial charge in [-0.25, -0.2) is 68.3 Å². The lowest BCUT2D eigenvalue weighted by Gasteiger charge is -2.21. The number of anilines is 2. The summed E-state index contributed by atoms with van der Waals surface area (Å²) in [5.74, 6) is -4.55. The van der Waals surface area contributed by atoms with E-state index in [1.165, 1.54) is 25.3 Å². The minimum absolute atomic E-state index is 0.237. The van der Waals surface area contributed by atoms with Crippen LogP contribution in [0.5, 0.6) is 0 Å². The summed E-state index contributed by atoms with van der Waals surface area (Å²) in [6, 6.07) is 0. The Morgan fingerprint density at radius 3 is 0.942 bits per heavy atom. The Kier molecular flexibility index (Phi) is 34.2. The molecule has 4 aromatic heterocycles. The summed E-state index contributed by atoms with van der Waals surface area (Å²) >= 11 is 0. The van der Waals surface area contributed by atoms with Crippen molar-refractivity contribution in [1.82, 2.24) is 39.0 Å². The highest BCUT2D eigenvalue weighted by molar-refractivity contribution is 7.53. The first-order valence-electron chi connectivity index (χ1n) is 24.7. The zero-order valence-corrected chi connectivity index (χ0v) is 49.7. The molecule has 4 aromatic rings. The van der Waals surface area contributed by atoms with Gasteiger partial charge in [-0.3, -0.25) is 27.2 Å². The van der Waals surface area contributed by atoms with E-state index >= 15 is 0 Å². The van der Waals surface area contributed by atoms with Crippen molar-refractivity contribution in [2.24, 2.45) is 0 Å². The minimum atomic E-state index is -4.06. The SMILES string of the molecule is CC(C)OC(=O)OCOP(=O)(CO[C@H](C)Cn1cnc2c(N)ncnc21)OCOC(=O)OC(C)C.CC(C)OC(=O)OCOP(=O)(CO[C@H](C)Cn1cnc2c(N)ncnc21)OCOC(=O)OC(C)C.O=C(O)/C=C/C(=O)O.O=C(O)/C=C/C(=O)O. The molecule has 0 aliphatic heterocycles. The first kappa shape index (κ1) is 75.4. The summed E-state index contributed by atoms with van der Waals surface area (Å²) in [5.41, 5.74) is 13.4. The van der Waals surface area contributed by atoms with Crippen LogP contribution in [0.1, 0.15) is 69.2 Å². The third-order valence-corrected chi connectivity index (χ3v) is 11.5. The second kappa shape index (κ2) is 39.1. The topological polar surface area (TPSA) is 520 Å². The maximum atomic E-state index is 13.1. The van der Waals surface area contributed by atoms with Gasteiger partial charge >= 0.3 is 63.7 Å². The van der Waals surface area contributed by atoms with Gasteiger partial charge in [0.25, 0.3) is 0 Å². The summed E-state index contributed by atoms with van der Waals surface area (Å²) in [5, 5.41) is 31.2. The van der Waals surface area contributed by atoms with Crippen molar-refractivity contribution in [3.8, 4) is 0 Å². The Hall–Kier alpha value is -8.64. The number of nitrogen functional groups attached to an aromatic ring is 2. The maximum Gasteiger partial charge on any atom is 0.510 e. The third-order valence-electron chi connectivity index (χ3n) is 8.57. The fourth-order valence-electron chi connectivity index (χ4n) is 5.19. The van der Waals surface area contributed by atoms with E-state index in [0.29, 0.717) is 46.6 Å². The third kappa shape index (κ3) is 33.6. The van der Waals surface area contributed by atoms with Crippen molar-refractivity contribution in [2.75, 3.05) is 51.3 Å². The normalized spacial score (nSPS) is 12.1. The Bertz CT molecular complexity index is 2700. The smallest absolute Gasteiger partial charge is 0.478 e. The largest absolute Gasteiger partial charge is 0.510 e. The zero-order chi connectivity index (χ0) is 65.2. The molecule has 0 aliphatic carbocycles. The van der Waals surface area contributed by atoms with Gasteiger partial charge in [0.2, 0.25) is 27.2 Å². The number of fused-ring (bicyclic) bond motifs is 2. The minimum Gasteiger partial charge on any atom is -0.478 e. The zero-order valence-electron chi connectivity index (χ0n) is 48.0. The van der Waals surface area contributed by atoms with Crippen LogP contribution in [0.3, 0.4) is 0 Å². The number of aromatic nitrogens is 8. The molecule has 0 bridgehead atoms. The fraction of sp³-hybridized carbons (Fsp3) is 0.522. The van der Waals surface area contributed by atoms with Crippen LogP contribution in [0.25, 0.3) is 22.3 Å². The average molecular weight is 1270 g/mol. The van der Waals surface area contributed by atoms with Crippen molar-refractivity contribution >= 4 is 97.7 Å². The van der Waals surface area contributed by atoms with Gasteiger partial charge in [-0.05, 0) is 69.2 Å². The molecule has 0 saturated heterocycles. The Balaban J connectivity index is 0.000000684. The van der Waals surface area contributed by atoms with Crippen molar-refractivity contribution < 1.29 is 133 Å². The van der Waals surface area contributed by atoms with Gasteiger partial charge in [-0.2, -0.15) is 0 Å². The molecule has 0 fully saturated rings. The van der Waals surface area contributed by atoms with E-state index in [1.807, 2.05) is 0 Å². The molecule has 0 aromatic carbocycles. The van der Waals surface area contributed by atoms with Crippen molar-refractivity contribution in [3.63, 3.8) is 0 Å². The molecule has 0 aliphatic rings. The molecule has 2 atom stereocenters. The van der Waals surface area contributed by atoms with Crippen LogP contribution in [-0.2, 0) is 107 Å². The predicted molar refractivity (Wildman–Crippen MR) is 289 cm³/mol. The highest BCUT2D eigenvalue weighted by Crippen LogP contribution is 2.49. The molecule has 4 rings (SSSR count). The first-order chi connectivity index (χ1) is 40.2. The fourth-order valence-corrected chi connectivity index (χ4v) is 7.37. The number of nitrogens with zero attached hydrogens (tertiary/aromatic N) is 8. The molecule has 0 saturated carbocycles. The van der Waals surface area contributed by atoms with Crippen LogP contribution in [0.15, 0.2) is 49.6 Å². The molecule has 4 heterocycles. The molecule has 8 N–H and O–H groups in total. The molecule has 40 heteroatoms. The van der Waals surface area contributed by atoms with Crippen LogP contribution in [0.4, 0.5) is 30.8 Å². The second-order valence-corrected chi connectivity index (χ2v) is 21.3. The van der Waals surface area contributed by atoms with Crippen LogP contribution in [-0.4, -0.2) is 184 Å². The number of ether oxygens (including phenoxy) is 10. The predicted octanol–water partition coefficient (Wildman–Crippen LogP) is 5.49. The van der Waals surface area contributed by atoms with Gasteiger partial charge in [-0.1, -0.05) is 0 Å². The number of imidazole rings is 2. The number of nitrogens with two attached hydrogens (primary N) is 2. The van der Waals surface area contributed by atoms with E-state index in [1.54, 1.807) is 78.4 Å². The lowest BCUT2D eigenvalue weighted by molar-refractivity contribution is -0.134. The van der Waals surface area contributed by atoms with E-state index in [2.05, 4.69) is 29.9 Å². The Morgan fingerprint density at radius 2 is 0.709 bits per heavy atom. The van der Waals surface area contributed by atoms with Crippen LogP contribution >= 0.6 is 15.2 Å². The van der Waals surface area contributed by atoms with Gasteiger partial charge in [0.05, 0.1) is 62.4 Å². The van der Waals surface area contributed by atoms with E-state index in [9.17, 15) is 47.5 Å². The van der Waals surface area contributed by atoms with Crippen LogP contribution < -0.4 is 11.5 Å².